The van der Waals surface area contributed by atoms with Gasteiger partial charge in [-0.1, -0.05) is 12.1 Å². The van der Waals surface area contributed by atoms with Crippen LogP contribution in [0.1, 0.15) is 12.8 Å². The molecule has 0 unspecified atom stereocenters. The first-order chi connectivity index (χ1) is 9.83. The summed E-state index contributed by atoms with van der Waals surface area (Å²) in [6.45, 7) is 1.82. The smallest absolute Gasteiger partial charge is 0.147 e. The van der Waals surface area contributed by atoms with Gasteiger partial charge in [0.05, 0.1) is 11.9 Å². The highest BCUT2D eigenvalue weighted by molar-refractivity contribution is 5.46. The third-order valence-corrected chi connectivity index (χ3v) is 3.60. The second-order valence-corrected chi connectivity index (χ2v) is 4.95. The Hall–Kier alpha value is -2.17. The lowest BCUT2D eigenvalue weighted by atomic mass is 10.0. The van der Waals surface area contributed by atoms with Gasteiger partial charge in [0.1, 0.15) is 11.6 Å². The molecule has 1 aliphatic heterocycles. The molecule has 1 fully saturated rings. The topological polar surface area (TPSA) is 41.0 Å². The zero-order valence-corrected chi connectivity index (χ0v) is 11.2. The van der Waals surface area contributed by atoms with Crippen molar-refractivity contribution in [1.82, 2.24) is 9.97 Å². The number of hydrogen-bond donors (Lipinski definition) is 1. The summed E-state index contributed by atoms with van der Waals surface area (Å²) in [5.74, 6) is 0.723. The lowest BCUT2D eigenvalue weighted by Gasteiger charge is -2.33. The molecule has 0 radical (unpaired) electrons. The molecule has 4 nitrogen and oxygen atoms in total. The molecule has 104 valence electrons. The van der Waals surface area contributed by atoms with Gasteiger partial charge in [-0.3, -0.25) is 4.98 Å². The van der Waals surface area contributed by atoms with Crippen LogP contribution in [-0.4, -0.2) is 29.1 Å². The third kappa shape index (κ3) is 2.87. The third-order valence-electron chi connectivity index (χ3n) is 3.60. The number of aromatic nitrogens is 2. The minimum absolute atomic E-state index is 0.191. The number of piperidine rings is 1. The van der Waals surface area contributed by atoms with Crippen molar-refractivity contribution in [1.29, 1.82) is 0 Å². The first-order valence-electron chi connectivity index (χ1n) is 6.85. The fourth-order valence-electron chi connectivity index (χ4n) is 2.51. The molecule has 0 atom stereocenters. The van der Waals surface area contributed by atoms with Gasteiger partial charge in [-0.25, -0.2) is 9.37 Å². The second-order valence-electron chi connectivity index (χ2n) is 4.95. The van der Waals surface area contributed by atoms with Crippen molar-refractivity contribution in [3.05, 3.63) is 48.7 Å². The van der Waals surface area contributed by atoms with Gasteiger partial charge < -0.3 is 10.2 Å². The molecule has 1 aromatic heterocycles. The van der Waals surface area contributed by atoms with E-state index in [-0.39, 0.29) is 5.82 Å². The number of nitrogens with one attached hydrogen (secondary N) is 1. The first-order valence-corrected chi connectivity index (χ1v) is 6.85. The summed E-state index contributed by atoms with van der Waals surface area (Å²) < 4.78 is 13.6. The first kappa shape index (κ1) is 12.8. The van der Waals surface area contributed by atoms with Gasteiger partial charge in [0, 0.05) is 31.5 Å². The molecule has 2 heterocycles. The van der Waals surface area contributed by atoms with Crippen LogP contribution in [0.15, 0.2) is 42.9 Å². The van der Waals surface area contributed by atoms with Crippen LogP contribution >= 0.6 is 0 Å². The summed E-state index contributed by atoms with van der Waals surface area (Å²) in [4.78, 5) is 10.6. The Balaban J connectivity index is 1.58. The molecule has 0 aliphatic carbocycles. The molecule has 1 aromatic carbocycles. The molecule has 0 amide bonds. The van der Waals surface area contributed by atoms with Crippen molar-refractivity contribution < 1.29 is 4.39 Å². The van der Waals surface area contributed by atoms with E-state index in [0.717, 1.165) is 31.7 Å². The molecule has 0 spiro atoms. The highest BCUT2D eigenvalue weighted by Gasteiger charge is 2.20. The average molecular weight is 272 g/mol. The number of rotatable bonds is 3. The summed E-state index contributed by atoms with van der Waals surface area (Å²) in [6, 6.07) is 7.12. The number of halogens is 1. The summed E-state index contributed by atoms with van der Waals surface area (Å²) >= 11 is 0. The largest absolute Gasteiger partial charge is 0.380 e. The number of nitrogens with zero attached hydrogens (tertiary/aromatic N) is 3. The second kappa shape index (κ2) is 5.86. The van der Waals surface area contributed by atoms with Gasteiger partial charge in [-0.05, 0) is 25.0 Å². The number of para-hydroxylation sites is 1. The molecule has 20 heavy (non-hydrogen) atoms. The lowest BCUT2D eigenvalue weighted by Crippen LogP contribution is -2.39. The minimum atomic E-state index is -0.191. The molecule has 0 saturated carbocycles. The Morgan fingerprint density at radius 1 is 1.15 bits per heavy atom. The van der Waals surface area contributed by atoms with Gasteiger partial charge >= 0.3 is 0 Å². The maximum atomic E-state index is 13.6. The van der Waals surface area contributed by atoms with E-state index in [1.165, 1.54) is 6.07 Å². The zero-order chi connectivity index (χ0) is 13.8. The van der Waals surface area contributed by atoms with E-state index in [4.69, 9.17) is 0 Å². The number of anilines is 2. The van der Waals surface area contributed by atoms with Gasteiger partial charge in [0.15, 0.2) is 0 Å². The standard InChI is InChI=1S/C15H17FN4/c16-13-3-1-2-4-14(13)19-12-5-9-20(10-6-12)15-11-17-7-8-18-15/h1-4,7-8,11-12,19H,5-6,9-10H2. The van der Waals surface area contributed by atoms with E-state index in [0.29, 0.717) is 11.7 Å². The van der Waals surface area contributed by atoms with Crippen LogP contribution in [0.2, 0.25) is 0 Å². The molecular formula is C15H17FN4. The molecule has 1 aliphatic rings. The molecule has 5 heteroatoms. The van der Waals surface area contributed by atoms with Gasteiger partial charge in [0.25, 0.3) is 0 Å². The predicted octanol–water partition coefficient (Wildman–Crippen LogP) is 2.70. The zero-order valence-electron chi connectivity index (χ0n) is 11.2. The predicted molar refractivity (Wildman–Crippen MR) is 77.3 cm³/mol. The Bertz CT molecular complexity index is 553. The van der Waals surface area contributed by atoms with Crippen molar-refractivity contribution in [3.8, 4) is 0 Å². The number of hydrogen-bond acceptors (Lipinski definition) is 4. The average Bonchev–Trinajstić information content (AvgIpc) is 2.51. The van der Waals surface area contributed by atoms with E-state index in [2.05, 4.69) is 20.2 Å². The van der Waals surface area contributed by atoms with Gasteiger partial charge in [0.2, 0.25) is 0 Å². The Kier molecular flexibility index (Phi) is 3.76. The minimum Gasteiger partial charge on any atom is -0.380 e. The Morgan fingerprint density at radius 2 is 1.95 bits per heavy atom. The SMILES string of the molecule is Fc1ccccc1NC1CCN(c2cnccn2)CC1. The summed E-state index contributed by atoms with van der Waals surface area (Å²) in [5, 5.41) is 3.28. The summed E-state index contributed by atoms with van der Waals surface area (Å²) in [5.41, 5.74) is 0.588. The highest BCUT2D eigenvalue weighted by Crippen LogP contribution is 2.21. The van der Waals surface area contributed by atoms with Crippen LogP contribution < -0.4 is 10.2 Å². The van der Waals surface area contributed by atoms with E-state index in [1.54, 1.807) is 30.7 Å². The van der Waals surface area contributed by atoms with E-state index < -0.39 is 0 Å². The van der Waals surface area contributed by atoms with Crippen molar-refractivity contribution in [2.75, 3.05) is 23.3 Å². The van der Waals surface area contributed by atoms with Crippen LogP contribution in [0.4, 0.5) is 15.9 Å². The lowest BCUT2D eigenvalue weighted by molar-refractivity contribution is 0.519. The van der Waals surface area contributed by atoms with Crippen LogP contribution in [-0.2, 0) is 0 Å². The molecule has 2 aromatic rings. The van der Waals surface area contributed by atoms with E-state index >= 15 is 0 Å². The van der Waals surface area contributed by atoms with E-state index in [9.17, 15) is 4.39 Å². The molecular weight excluding hydrogens is 255 g/mol. The summed E-state index contributed by atoms with van der Waals surface area (Å²) in [7, 11) is 0. The normalized spacial score (nSPS) is 16.1. The highest BCUT2D eigenvalue weighted by atomic mass is 19.1. The maximum absolute atomic E-state index is 13.6. The van der Waals surface area contributed by atoms with Crippen LogP contribution in [0.3, 0.4) is 0 Å². The monoisotopic (exact) mass is 272 g/mol. The van der Waals surface area contributed by atoms with Crippen LogP contribution in [0, 0.1) is 5.82 Å². The Labute approximate surface area is 117 Å². The van der Waals surface area contributed by atoms with Crippen molar-refractivity contribution in [3.63, 3.8) is 0 Å². The molecule has 3 rings (SSSR count). The Morgan fingerprint density at radius 3 is 2.65 bits per heavy atom. The fourth-order valence-corrected chi connectivity index (χ4v) is 2.51. The van der Waals surface area contributed by atoms with Crippen molar-refractivity contribution >= 4 is 11.5 Å². The van der Waals surface area contributed by atoms with E-state index in [1.807, 2.05) is 6.07 Å². The van der Waals surface area contributed by atoms with Crippen molar-refractivity contribution in [2.45, 2.75) is 18.9 Å². The molecule has 0 bridgehead atoms. The molecule has 1 saturated heterocycles. The van der Waals surface area contributed by atoms with Crippen LogP contribution in [0.25, 0.3) is 0 Å². The number of benzene rings is 1. The summed E-state index contributed by atoms with van der Waals surface area (Å²) in [6.07, 6.45) is 7.09. The maximum Gasteiger partial charge on any atom is 0.147 e. The van der Waals surface area contributed by atoms with Gasteiger partial charge in [-0.2, -0.15) is 0 Å². The van der Waals surface area contributed by atoms with Crippen LogP contribution in [0.5, 0.6) is 0 Å². The van der Waals surface area contributed by atoms with Gasteiger partial charge in [-0.15, -0.1) is 0 Å². The quantitative estimate of drug-likeness (QED) is 0.932. The fraction of sp³-hybridized carbons (Fsp3) is 0.333. The van der Waals surface area contributed by atoms with Crippen molar-refractivity contribution in [2.24, 2.45) is 0 Å². The molecule has 1 N–H and O–H groups in total.